The lowest BCUT2D eigenvalue weighted by molar-refractivity contribution is -0.0209. The average Bonchev–Trinajstić information content (AvgIpc) is 2.90. The summed E-state index contributed by atoms with van der Waals surface area (Å²) in [6.07, 6.45) is 10.9. The summed E-state index contributed by atoms with van der Waals surface area (Å²) in [7, 11) is 0. The summed E-state index contributed by atoms with van der Waals surface area (Å²) in [6.45, 7) is 4.79. The molecule has 4 aliphatic rings. The first-order valence-corrected chi connectivity index (χ1v) is 9.84. The van der Waals surface area contributed by atoms with E-state index in [1.54, 1.807) is 0 Å². The Bertz CT molecular complexity index is 643. The molecule has 0 aromatic carbocycles. The highest BCUT2D eigenvalue weighted by Crippen LogP contribution is 2.64. The number of aliphatic hydroxyl groups excluding tert-OH is 1. The van der Waals surface area contributed by atoms with E-state index < -0.39 is 6.03 Å². The van der Waals surface area contributed by atoms with Crippen molar-refractivity contribution in [3.05, 3.63) is 11.6 Å². The number of carbonyl (C=O) groups excluding carboxylic acids is 1. The number of amides is 2. The number of allylic oxidation sites excluding steroid dienone is 1. The van der Waals surface area contributed by atoms with Crippen LogP contribution in [0.3, 0.4) is 0 Å². The molecule has 25 heavy (non-hydrogen) atoms. The Kier molecular flexibility index (Phi) is 3.98. The van der Waals surface area contributed by atoms with Gasteiger partial charge in [-0.1, -0.05) is 25.5 Å². The van der Waals surface area contributed by atoms with Gasteiger partial charge in [0.1, 0.15) is 0 Å². The summed E-state index contributed by atoms with van der Waals surface area (Å²) >= 11 is 0. The van der Waals surface area contributed by atoms with Gasteiger partial charge in [-0.15, -0.1) is 0 Å². The lowest BCUT2D eigenvalue weighted by Crippen LogP contribution is -2.50. The van der Waals surface area contributed by atoms with E-state index in [0.717, 1.165) is 50.2 Å². The minimum atomic E-state index is -0.577. The second-order valence-corrected chi connectivity index (χ2v) is 9.19. The zero-order chi connectivity index (χ0) is 17.8. The van der Waals surface area contributed by atoms with Gasteiger partial charge in [-0.3, -0.25) is 0 Å². The summed E-state index contributed by atoms with van der Waals surface area (Å²) in [4.78, 5) is 11.1. The van der Waals surface area contributed by atoms with Gasteiger partial charge in [0.25, 0.3) is 0 Å². The number of hydrogen-bond donors (Lipinski definition) is 3. The van der Waals surface area contributed by atoms with Gasteiger partial charge in [-0.25, -0.2) is 10.2 Å². The first-order valence-electron chi connectivity index (χ1n) is 9.84. The molecule has 0 heterocycles. The zero-order valence-corrected chi connectivity index (χ0v) is 15.4. The summed E-state index contributed by atoms with van der Waals surface area (Å²) in [5, 5.41) is 14.5. The zero-order valence-electron chi connectivity index (χ0n) is 15.4. The van der Waals surface area contributed by atoms with Gasteiger partial charge in [-0.05, 0) is 74.5 Å². The van der Waals surface area contributed by atoms with E-state index in [1.807, 2.05) is 0 Å². The van der Waals surface area contributed by atoms with Crippen molar-refractivity contribution in [2.75, 3.05) is 0 Å². The molecule has 0 bridgehead atoms. The van der Waals surface area contributed by atoms with Gasteiger partial charge in [0.2, 0.25) is 0 Å². The third-order valence-electron chi connectivity index (χ3n) is 8.12. The number of nitrogens with zero attached hydrogens (tertiary/aromatic N) is 1. The van der Waals surface area contributed by atoms with Crippen LogP contribution in [0, 0.1) is 28.6 Å². The molecule has 4 rings (SSSR count). The minimum Gasteiger partial charge on any atom is -0.393 e. The van der Waals surface area contributed by atoms with Crippen molar-refractivity contribution in [1.82, 2.24) is 5.43 Å². The smallest absolute Gasteiger partial charge is 0.332 e. The van der Waals surface area contributed by atoms with Crippen LogP contribution in [0.15, 0.2) is 16.8 Å². The third-order valence-corrected chi connectivity index (χ3v) is 8.12. The lowest BCUT2D eigenvalue weighted by atomic mass is 9.48. The molecule has 3 saturated carbocycles. The number of hydrogen-bond acceptors (Lipinski definition) is 3. The number of aliphatic hydroxyl groups is 1. The van der Waals surface area contributed by atoms with Crippen molar-refractivity contribution < 1.29 is 9.90 Å². The Morgan fingerprint density at radius 1 is 1.24 bits per heavy atom. The molecule has 0 spiro atoms. The van der Waals surface area contributed by atoms with Crippen LogP contribution in [0.4, 0.5) is 4.79 Å². The molecular weight excluding hydrogens is 314 g/mol. The topological polar surface area (TPSA) is 87.7 Å². The number of nitrogens with one attached hydrogen (secondary N) is 1. The molecule has 0 radical (unpaired) electrons. The van der Waals surface area contributed by atoms with Crippen LogP contribution in [-0.4, -0.2) is 23.0 Å². The molecule has 4 aliphatic carbocycles. The van der Waals surface area contributed by atoms with Crippen molar-refractivity contribution in [3.63, 3.8) is 0 Å². The van der Waals surface area contributed by atoms with Crippen molar-refractivity contribution in [2.45, 2.75) is 71.3 Å². The van der Waals surface area contributed by atoms with Gasteiger partial charge in [0.15, 0.2) is 0 Å². The number of rotatable bonds is 1. The first kappa shape index (κ1) is 17.1. The molecule has 0 unspecified atom stereocenters. The second-order valence-electron chi connectivity index (χ2n) is 9.19. The molecule has 2 amide bonds. The highest BCUT2D eigenvalue weighted by atomic mass is 16.3. The van der Waals surface area contributed by atoms with Crippen LogP contribution in [0.25, 0.3) is 0 Å². The fourth-order valence-corrected chi connectivity index (χ4v) is 6.74. The van der Waals surface area contributed by atoms with Gasteiger partial charge in [0, 0.05) is 11.1 Å². The standard InChI is InChI=1S/C20H31N3O2/c1-19-9-7-13(24)11-12(19)3-4-14-15-5-6-17(22-23-18(21)25)20(15,2)10-8-16(14)19/h3,13-16,24H,4-11H2,1-2H3,(H3,21,23,25)/t13-,14+,15-,16+,19-,20+/m0/s1. The summed E-state index contributed by atoms with van der Waals surface area (Å²) in [6, 6.07) is -0.577. The fraction of sp³-hybridized carbons (Fsp3) is 0.800. The van der Waals surface area contributed by atoms with Crippen LogP contribution in [0.1, 0.15) is 65.2 Å². The van der Waals surface area contributed by atoms with E-state index in [-0.39, 0.29) is 16.9 Å². The maximum Gasteiger partial charge on any atom is 0.332 e. The molecule has 138 valence electrons. The van der Waals surface area contributed by atoms with E-state index in [1.165, 1.54) is 18.4 Å². The highest BCUT2D eigenvalue weighted by Gasteiger charge is 2.57. The van der Waals surface area contributed by atoms with Crippen molar-refractivity contribution >= 4 is 11.7 Å². The van der Waals surface area contributed by atoms with Crippen LogP contribution >= 0.6 is 0 Å². The van der Waals surface area contributed by atoms with E-state index >= 15 is 0 Å². The molecule has 5 nitrogen and oxygen atoms in total. The molecule has 4 N–H and O–H groups in total. The quantitative estimate of drug-likeness (QED) is 0.503. The number of hydrazone groups is 1. The predicted molar refractivity (Wildman–Crippen MR) is 97.9 cm³/mol. The number of nitrogens with two attached hydrogens (primary N) is 1. The maximum absolute atomic E-state index is 11.1. The summed E-state index contributed by atoms with van der Waals surface area (Å²) in [5.41, 5.74) is 10.7. The Hall–Kier alpha value is -1.36. The Morgan fingerprint density at radius 2 is 1.96 bits per heavy atom. The Balaban J connectivity index is 1.62. The van der Waals surface area contributed by atoms with E-state index in [2.05, 4.69) is 30.5 Å². The number of fused-ring (bicyclic) bond motifs is 5. The van der Waals surface area contributed by atoms with Crippen LogP contribution in [0.2, 0.25) is 0 Å². The SMILES string of the molecule is C[C@]12CC[C@H](O)CC1=CC[C@H]1[C@H]2CC[C@@]2(C)C(=NNC(N)=O)CC[C@@H]12. The minimum absolute atomic E-state index is 0.0967. The normalized spacial score (nSPS) is 47.5. The van der Waals surface area contributed by atoms with E-state index in [9.17, 15) is 9.90 Å². The van der Waals surface area contributed by atoms with E-state index in [0.29, 0.717) is 11.8 Å². The monoisotopic (exact) mass is 345 g/mol. The Morgan fingerprint density at radius 3 is 2.72 bits per heavy atom. The molecule has 0 aromatic heterocycles. The number of carbonyl (C=O) groups is 1. The Labute approximate surface area is 150 Å². The predicted octanol–water partition coefficient (Wildman–Crippen LogP) is 3.33. The molecule has 0 aromatic rings. The highest BCUT2D eigenvalue weighted by molar-refractivity contribution is 5.93. The van der Waals surface area contributed by atoms with Crippen molar-refractivity contribution in [3.8, 4) is 0 Å². The van der Waals surface area contributed by atoms with Crippen molar-refractivity contribution in [2.24, 2.45) is 39.4 Å². The van der Waals surface area contributed by atoms with Crippen LogP contribution < -0.4 is 11.2 Å². The average molecular weight is 345 g/mol. The largest absolute Gasteiger partial charge is 0.393 e. The van der Waals surface area contributed by atoms with Gasteiger partial charge in [0.05, 0.1) is 6.10 Å². The van der Waals surface area contributed by atoms with Gasteiger partial charge in [-0.2, -0.15) is 5.10 Å². The number of primary amides is 1. The fourth-order valence-electron chi connectivity index (χ4n) is 6.74. The molecule has 3 fully saturated rings. The summed E-state index contributed by atoms with van der Waals surface area (Å²) < 4.78 is 0. The summed E-state index contributed by atoms with van der Waals surface area (Å²) in [5.74, 6) is 2.06. The maximum atomic E-state index is 11.1. The number of urea groups is 1. The van der Waals surface area contributed by atoms with Crippen LogP contribution in [-0.2, 0) is 0 Å². The lowest BCUT2D eigenvalue weighted by Gasteiger charge is -2.57. The molecule has 0 saturated heterocycles. The van der Waals surface area contributed by atoms with Crippen LogP contribution in [0.5, 0.6) is 0 Å². The first-order chi connectivity index (χ1) is 11.8. The van der Waals surface area contributed by atoms with Gasteiger partial charge < -0.3 is 10.8 Å². The molecular formula is C20H31N3O2. The van der Waals surface area contributed by atoms with E-state index in [4.69, 9.17) is 5.73 Å². The second kappa shape index (κ2) is 5.83. The van der Waals surface area contributed by atoms with Gasteiger partial charge >= 0.3 is 6.03 Å². The molecule has 0 aliphatic heterocycles. The molecule has 5 heteroatoms. The third kappa shape index (κ3) is 2.54. The van der Waals surface area contributed by atoms with Crippen molar-refractivity contribution in [1.29, 1.82) is 0 Å². The molecule has 6 atom stereocenters.